The van der Waals surface area contributed by atoms with Crippen molar-refractivity contribution in [2.45, 2.75) is 12.5 Å². The number of carbonyl (C=O) groups excluding carboxylic acids is 1. The summed E-state index contributed by atoms with van der Waals surface area (Å²) in [5, 5.41) is 17.9. The number of nitrogens with zero attached hydrogens (tertiary/aromatic N) is 2. The van der Waals surface area contributed by atoms with Crippen molar-refractivity contribution in [3.05, 3.63) is 76.3 Å². The van der Waals surface area contributed by atoms with Crippen LogP contribution >= 0.6 is 0 Å². The minimum absolute atomic E-state index is 0.00729. The van der Waals surface area contributed by atoms with Crippen LogP contribution < -0.4 is 10.9 Å². The van der Waals surface area contributed by atoms with Gasteiger partial charge >= 0.3 is 5.97 Å². The number of aliphatic carboxylic acids is 1. The molecule has 2 heterocycles. The number of para-hydroxylation sites is 1. The average molecular weight is 390 g/mol. The number of rotatable bonds is 5. The van der Waals surface area contributed by atoms with E-state index in [-0.39, 0.29) is 17.7 Å². The Kier molecular flexibility index (Phi) is 4.59. The SMILES string of the molecule is Cn1nc(C(=O)N[C@@H](Cc2c[nH]c3ccccc23)C(=O)O)c2ccccc2c1=O. The van der Waals surface area contributed by atoms with E-state index in [0.29, 0.717) is 10.8 Å². The number of benzene rings is 2. The first-order valence-corrected chi connectivity index (χ1v) is 9.00. The van der Waals surface area contributed by atoms with Crippen molar-refractivity contribution < 1.29 is 14.7 Å². The zero-order chi connectivity index (χ0) is 20.5. The Bertz CT molecular complexity index is 1310. The maximum Gasteiger partial charge on any atom is 0.326 e. The van der Waals surface area contributed by atoms with Crippen molar-refractivity contribution in [3.8, 4) is 0 Å². The zero-order valence-corrected chi connectivity index (χ0v) is 15.5. The van der Waals surface area contributed by atoms with Gasteiger partial charge in [0.2, 0.25) is 0 Å². The van der Waals surface area contributed by atoms with E-state index >= 15 is 0 Å². The number of hydrogen-bond acceptors (Lipinski definition) is 4. The Hall–Kier alpha value is -3.94. The molecule has 0 saturated carbocycles. The number of carbonyl (C=O) groups is 2. The van der Waals surface area contributed by atoms with E-state index in [0.717, 1.165) is 21.1 Å². The molecule has 0 fully saturated rings. The van der Waals surface area contributed by atoms with E-state index in [1.165, 1.54) is 7.05 Å². The summed E-state index contributed by atoms with van der Waals surface area (Å²) in [6, 6.07) is 13.0. The number of amides is 1. The van der Waals surface area contributed by atoms with Crippen LogP contribution in [0.1, 0.15) is 16.1 Å². The van der Waals surface area contributed by atoms with E-state index in [2.05, 4.69) is 15.4 Å². The van der Waals surface area contributed by atoms with Crippen LogP contribution in [-0.4, -0.2) is 37.8 Å². The molecule has 0 bridgehead atoms. The largest absolute Gasteiger partial charge is 0.480 e. The number of H-pyrrole nitrogens is 1. The predicted octanol–water partition coefficient (Wildman–Crippen LogP) is 1.84. The molecule has 0 spiro atoms. The monoisotopic (exact) mass is 390 g/mol. The molecule has 1 atom stereocenters. The molecule has 0 aliphatic heterocycles. The summed E-state index contributed by atoms with van der Waals surface area (Å²) in [6.07, 6.45) is 1.85. The Balaban J connectivity index is 1.67. The lowest BCUT2D eigenvalue weighted by Crippen LogP contribution is -2.43. The van der Waals surface area contributed by atoms with Gasteiger partial charge in [-0.15, -0.1) is 0 Å². The number of carboxylic acid groups (broad SMARTS) is 1. The van der Waals surface area contributed by atoms with Crippen LogP contribution in [0.2, 0.25) is 0 Å². The molecule has 8 heteroatoms. The van der Waals surface area contributed by atoms with Crippen LogP contribution in [0.5, 0.6) is 0 Å². The Labute approximate surface area is 164 Å². The van der Waals surface area contributed by atoms with E-state index < -0.39 is 17.9 Å². The third-order valence-electron chi connectivity index (χ3n) is 4.87. The smallest absolute Gasteiger partial charge is 0.326 e. The van der Waals surface area contributed by atoms with Crippen LogP contribution in [-0.2, 0) is 18.3 Å². The van der Waals surface area contributed by atoms with Crippen molar-refractivity contribution >= 4 is 33.6 Å². The van der Waals surface area contributed by atoms with E-state index in [1.807, 2.05) is 24.3 Å². The molecule has 0 unspecified atom stereocenters. The number of aryl methyl sites for hydroxylation is 1. The molecular weight excluding hydrogens is 372 g/mol. The van der Waals surface area contributed by atoms with Gasteiger partial charge in [0.1, 0.15) is 6.04 Å². The van der Waals surface area contributed by atoms with Gasteiger partial charge in [0, 0.05) is 36.0 Å². The lowest BCUT2D eigenvalue weighted by atomic mass is 10.0. The lowest BCUT2D eigenvalue weighted by Gasteiger charge is -2.15. The third kappa shape index (κ3) is 3.36. The van der Waals surface area contributed by atoms with Crippen molar-refractivity contribution in [2.24, 2.45) is 7.05 Å². The van der Waals surface area contributed by atoms with Gasteiger partial charge in [0.25, 0.3) is 11.5 Å². The highest BCUT2D eigenvalue weighted by Crippen LogP contribution is 2.19. The first-order valence-electron chi connectivity index (χ1n) is 9.00. The first-order chi connectivity index (χ1) is 14.0. The number of fused-ring (bicyclic) bond motifs is 2. The molecule has 2 aromatic carbocycles. The highest BCUT2D eigenvalue weighted by Gasteiger charge is 2.25. The second kappa shape index (κ2) is 7.23. The predicted molar refractivity (Wildman–Crippen MR) is 108 cm³/mol. The first kappa shape index (κ1) is 18.4. The van der Waals surface area contributed by atoms with Gasteiger partial charge in [-0.2, -0.15) is 5.10 Å². The van der Waals surface area contributed by atoms with Crippen molar-refractivity contribution in [2.75, 3.05) is 0 Å². The highest BCUT2D eigenvalue weighted by molar-refractivity contribution is 6.05. The fraction of sp³-hybridized carbons (Fsp3) is 0.143. The quantitative estimate of drug-likeness (QED) is 0.481. The minimum Gasteiger partial charge on any atom is -0.480 e. The van der Waals surface area contributed by atoms with Gasteiger partial charge in [0.05, 0.1) is 5.39 Å². The second-order valence-electron chi connectivity index (χ2n) is 6.75. The number of aromatic nitrogens is 3. The Morgan fingerprint density at radius 1 is 1.10 bits per heavy atom. The molecule has 1 amide bonds. The number of aromatic amines is 1. The lowest BCUT2D eigenvalue weighted by molar-refractivity contribution is -0.139. The maximum absolute atomic E-state index is 12.9. The Morgan fingerprint density at radius 3 is 2.48 bits per heavy atom. The molecule has 0 aliphatic rings. The standard InChI is InChI=1S/C21H18N4O4/c1-25-20(27)15-8-3-2-7-14(15)18(24-25)19(26)23-17(21(28)29)10-12-11-22-16-9-5-4-6-13(12)16/h2-9,11,17,22H,10H2,1H3,(H,23,26)(H,28,29)/t17-/m0/s1. The van der Waals surface area contributed by atoms with Gasteiger partial charge in [-0.3, -0.25) is 9.59 Å². The van der Waals surface area contributed by atoms with Crippen molar-refractivity contribution in [1.82, 2.24) is 20.1 Å². The molecule has 4 aromatic rings. The summed E-state index contributed by atoms with van der Waals surface area (Å²) in [6.45, 7) is 0. The topological polar surface area (TPSA) is 117 Å². The van der Waals surface area contributed by atoms with Crippen molar-refractivity contribution in [3.63, 3.8) is 0 Å². The number of hydrogen-bond donors (Lipinski definition) is 3. The normalized spacial score (nSPS) is 12.2. The van der Waals surface area contributed by atoms with Gasteiger partial charge in [-0.05, 0) is 17.7 Å². The molecule has 29 heavy (non-hydrogen) atoms. The number of nitrogens with one attached hydrogen (secondary N) is 2. The summed E-state index contributed by atoms with van der Waals surface area (Å²) >= 11 is 0. The molecule has 2 aromatic heterocycles. The molecule has 4 rings (SSSR count). The van der Waals surface area contributed by atoms with Crippen molar-refractivity contribution in [1.29, 1.82) is 0 Å². The van der Waals surface area contributed by atoms with E-state index in [4.69, 9.17) is 0 Å². The van der Waals surface area contributed by atoms with Crippen LogP contribution in [0, 0.1) is 0 Å². The van der Waals surface area contributed by atoms with Crippen LogP contribution in [0.15, 0.2) is 59.5 Å². The summed E-state index contributed by atoms with van der Waals surface area (Å²) in [5.41, 5.74) is 1.36. The molecule has 8 nitrogen and oxygen atoms in total. The fourth-order valence-electron chi connectivity index (χ4n) is 3.41. The van der Waals surface area contributed by atoms with Gasteiger partial charge in [-0.25, -0.2) is 9.48 Å². The minimum atomic E-state index is -1.15. The van der Waals surface area contributed by atoms with E-state index in [1.54, 1.807) is 30.5 Å². The summed E-state index contributed by atoms with van der Waals surface area (Å²) in [5.74, 6) is -1.80. The summed E-state index contributed by atoms with van der Waals surface area (Å²) in [4.78, 5) is 40.0. The maximum atomic E-state index is 12.9. The summed E-state index contributed by atoms with van der Waals surface area (Å²) in [7, 11) is 1.45. The van der Waals surface area contributed by atoms with Crippen LogP contribution in [0.3, 0.4) is 0 Å². The van der Waals surface area contributed by atoms with Crippen LogP contribution in [0.4, 0.5) is 0 Å². The third-order valence-corrected chi connectivity index (χ3v) is 4.87. The van der Waals surface area contributed by atoms with Gasteiger partial charge < -0.3 is 15.4 Å². The Morgan fingerprint density at radius 2 is 1.76 bits per heavy atom. The fourth-order valence-corrected chi connectivity index (χ4v) is 3.41. The number of carboxylic acids is 1. The molecule has 3 N–H and O–H groups in total. The molecular formula is C21H18N4O4. The van der Waals surface area contributed by atoms with Gasteiger partial charge in [-0.1, -0.05) is 36.4 Å². The average Bonchev–Trinajstić information content (AvgIpc) is 3.13. The van der Waals surface area contributed by atoms with E-state index in [9.17, 15) is 19.5 Å². The second-order valence-corrected chi connectivity index (χ2v) is 6.75. The molecule has 146 valence electrons. The molecule has 0 radical (unpaired) electrons. The highest BCUT2D eigenvalue weighted by atomic mass is 16.4. The zero-order valence-electron chi connectivity index (χ0n) is 15.5. The van der Waals surface area contributed by atoms with Gasteiger partial charge in [0.15, 0.2) is 5.69 Å². The molecule has 0 saturated heterocycles. The summed E-state index contributed by atoms with van der Waals surface area (Å²) < 4.78 is 1.08. The van der Waals surface area contributed by atoms with Crippen LogP contribution in [0.25, 0.3) is 21.7 Å². The molecule has 0 aliphatic carbocycles.